The van der Waals surface area contributed by atoms with E-state index in [1.54, 1.807) is 6.20 Å². The Labute approximate surface area is 184 Å². The lowest BCUT2D eigenvalue weighted by Gasteiger charge is -2.17. The van der Waals surface area contributed by atoms with Gasteiger partial charge in [0.2, 0.25) is 5.91 Å². The molecule has 6 nitrogen and oxygen atoms in total. The van der Waals surface area contributed by atoms with Crippen molar-refractivity contribution in [1.29, 1.82) is 5.26 Å². The van der Waals surface area contributed by atoms with Gasteiger partial charge in [-0.25, -0.2) is 4.98 Å². The normalized spacial score (nSPS) is 13.0. The first-order valence-corrected chi connectivity index (χ1v) is 11.3. The number of imidazole rings is 1. The Morgan fingerprint density at radius 3 is 2.77 bits per heavy atom. The van der Waals surface area contributed by atoms with Crippen LogP contribution in [0, 0.1) is 11.3 Å². The van der Waals surface area contributed by atoms with Gasteiger partial charge in [0, 0.05) is 17.6 Å². The molecule has 1 aromatic carbocycles. The van der Waals surface area contributed by atoms with E-state index in [9.17, 15) is 10.1 Å². The van der Waals surface area contributed by atoms with Crippen molar-refractivity contribution in [2.24, 2.45) is 0 Å². The number of rotatable bonds is 5. The predicted molar refractivity (Wildman–Crippen MR) is 122 cm³/mol. The molecule has 1 aliphatic rings. The average molecular weight is 428 g/mol. The van der Waals surface area contributed by atoms with Crippen LogP contribution in [-0.4, -0.2) is 25.6 Å². The molecule has 4 aromatic rings. The van der Waals surface area contributed by atoms with E-state index >= 15 is 0 Å². The highest BCUT2D eigenvalue weighted by atomic mass is 32.2. The molecule has 1 amide bonds. The number of thioether (sulfide) groups is 1. The van der Waals surface area contributed by atoms with Crippen molar-refractivity contribution in [3.63, 3.8) is 0 Å². The maximum Gasteiger partial charge on any atom is 0.236 e. The quantitative estimate of drug-likeness (QED) is 0.472. The number of aromatic nitrogens is 3. The molecule has 0 unspecified atom stereocenters. The van der Waals surface area contributed by atoms with Gasteiger partial charge in [0.1, 0.15) is 11.9 Å². The number of carbonyl (C=O) groups excluding carboxylic acids is 1. The SMILES string of the molecule is N#Cc1c2c(n(-c3ccccc3)c1NC(=O)CSc1ncc3ccccn13)CCCC2. The van der Waals surface area contributed by atoms with Crippen molar-refractivity contribution in [1.82, 2.24) is 14.0 Å². The Morgan fingerprint density at radius 1 is 1.13 bits per heavy atom. The zero-order valence-corrected chi connectivity index (χ0v) is 17.7. The van der Waals surface area contributed by atoms with Gasteiger partial charge in [0.25, 0.3) is 0 Å². The Balaban J connectivity index is 1.45. The van der Waals surface area contributed by atoms with Gasteiger partial charge in [-0.05, 0) is 55.5 Å². The molecule has 0 saturated carbocycles. The van der Waals surface area contributed by atoms with E-state index in [4.69, 9.17) is 0 Å². The number of carbonyl (C=O) groups is 1. The highest BCUT2D eigenvalue weighted by Gasteiger charge is 2.26. The fourth-order valence-corrected chi connectivity index (χ4v) is 4.99. The smallest absolute Gasteiger partial charge is 0.236 e. The highest BCUT2D eigenvalue weighted by molar-refractivity contribution is 7.99. The Hall–Kier alpha value is -3.50. The summed E-state index contributed by atoms with van der Waals surface area (Å²) in [6.45, 7) is 0. The first-order chi connectivity index (χ1) is 15.3. The number of pyridine rings is 1. The molecular weight excluding hydrogens is 406 g/mol. The van der Waals surface area contributed by atoms with Gasteiger partial charge in [0.05, 0.1) is 23.0 Å². The second-order valence-corrected chi connectivity index (χ2v) is 8.45. The van der Waals surface area contributed by atoms with E-state index in [0.29, 0.717) is 11.4 Å². The molecule has 154 valence electrons. The Morgan fingerprint density at radius 2 is 1.94 bits per heavy atom. The van der Waals surface area contributed by atoms with E-state index in [1.165, 1.54) is 11.8 Å². The zero-order chi connectivity index (χ0) is 21.2. The lowest BCUT2D eigenvalue weighted by atomic mass is 9.95. The molecule has 0 aliphatic heterocycles. The number of benzene rings is 1. The standard InChI is InChI=1S/C24H21N5OS/c25-14-20-19-11-4-5-12-21(19)29(17-8-2-1-3-9-17)23(20)27-22(30)16-31-24-26-15-18-10-6-7-13-28(18)24/h1-3,6-10,13,15H,4-5,11-12,16H2,(H,27,30). The third-order valence-corrected chi connectivity index (χ3v) is 6.56. The summed E-state index contributed by atoms with van der Waals surface area (Å²) in [6, 6.07) is 18.2. The maximum atomic E-state index is 12.9. The summed E-state index contributed by atoms with van der Waals surface area (Å²) in [5.74, 6) is 0.643. The largest absolute Gasteiger partial charge is 0.310 e. The number of anilines is 1. The topological polar surface area (TPSA) is 75.1 Å². The molecule has 7 heteroatoms. The molecule has 0 fully saturated rings. The van der Waals surface area contributed by atoms with Gasteiger partial charge in [-0.2, -0.15) is 5.26 Å². The minimum absolute atomic E-state index is 0.152. The summed E-state index contributed by atoms with van der Waals surface area (Å²) >= 11 is 1.38. The molecule has 1 N–H and O–H groups in total. The molecule has 0 saturated heterocycles. The van der Waals surface area contributed by atoms with Crippen LogP contribution in [0.3, 0.4) is 0 Å². The van der Waals surface area contributed by atoms with E-state index in [0.717, 1.165) is 53.3 Å². The third-order valence-electron chi connectivity index (χ3n) is 5.59. The van der Waals surface area contributed by atoms with Gasteiger partial charge in [-0.15, -0.1) is 0 Å². The summed E-state index contributed by atoms with van der Waals surface area (Å²) in [6.07, 6.45) is 7.66. The Bertz CT molecular complexity index is 1300. The molecule has 3 heterocycles. The molecule has 0 bridgehead atoms. The van der Waals surface area contributed by atoms with Crippen LogP contribution in [0.5, 0.6) is 0 Å². The Kier molecular flexibility index (Phi) is 5.23. The monoisotopic (exact) mass is 427 g/mol. The van der Waals surface area contributed by atoms with Gasteiger partial charge >= 0.3 is 0 Å². The molecule has 0 spiro atoms. The van der Waals surface area contributed by atoms with Crippen molar-refractivity contribution in [3.05, 3.63) is 77.7 Å². The molecule has 0 atom stereocenters. The number of amides is 1. The van der Waals surface area contributed by atoms with Crippen molar-refractivity contribution in [3.8, 4) is 11.8 Å². The molecule has 1 aliphatic carbocycles. The lowest BCUT2D eigenvalue weighted by molar-refractivity contribution is -0.113. The predicted octanol–water partition coefficient (Wildman–Crippen LogP) is 4.61. The van der Waals surface area contributed by atoms with Crippen molar-refractivity contribution < 1.29 is 4.79 Å². The summed E-state index contributed by atoms with van der Waals surface area (Å²) in [5, 5.41) is 13.7. The van der Waals surface area contributed by atoms with Crippen LogP contribution in [0.1, 0.15) is 29.7 Å². The van der Waals surface area contributed by atoms with Crippen LogP contribution in [-0.2, 0) is 17.6 Å². The first-order valence-electron chi connectivity index (χ1n) is 10.3. The second-order valence-electron chi connectivity index (χ2n) is 7.51. The van der Waals surface area contributed by atoms with Crippen LogP contribution in [0.25, 0.3) is 11.2 Å². The van der Waals surface area contributed by atoms with Crippen molar-refractivity contribution in [2.45, 2.75) is 30.8 Å². The first kappa shape index (κ1) is 19.5. The number of hydrogen-bond donors (Lipinski definition) is 1. The summed E-state index contributed by atoms with van der Waals surface area (Å²) in [7, 11) is 0. The number of para-hydroxylation sites is 1. The lowest BCUT2D eigenvalue weighted by Crippen LogP contribution is -2.18. The van der Waals surface area contributed by atoms with Gasteiger partial charge in [-0.1, -0.05) is 36.0 Å². The average Bonchev–Trinajstić information content (AvgIpc) is 3.36. The highest BCUT2D eigenvalue weighted by Crippen LogP contribution is 2.35. The maximum absolute atomic E-state index is 12.9. The van der Waals surface area contributed by atoms with E-state index in [2.05, 4.69) is 20.9 Å². The molecular formula is C24H21N5OS. The molecule has 0 radical (unpaired) electrons. The van der Waals surface area contributed by atoms with Crippen LogP contribution in [0.4, 0.5) is 5.82 Å². The van der Waals surface area contributed by atoms with Crippen LogP contribution >= 0.6 is 11.8 Å². The van der Waals surface area contributed by atoms with Crippen molar-refractivity contribution >= 4 is 29.0 Å². The zero-order valence-electron chi connectivity index (χ0n) is 16.9. The fraction of sp³-hybridized carbons (Fsp3) is 0.208. The number of hydrogen-bond acceptors (Lipinski definition) is 4. The van der Waals surface area contributed by atoms with Gasteiger partial charge < -0.3 is 5.32 Å². The van der Waals surface area contributed by atoms with E-state index in [-0.39, 0.29) is 11.7 Å². The molecule has 5 rings (SSSR count). The minimum Gasteiger partial charge on any atom is -0.310 e. The number of nitrogens with one attached hydrogen (secondary N) is 1. The summed E-state index contributed by atoms with van der Waals surface area (Å²) < 4.78 is 4.02. The van der Waals surface area contributed by atoms with Gasteiger partial charge in [-0.3, -0.25) is 13.8 Å². The number of nitriles is 1. The fourth-order valence-electron chi connectivity index (χ4n) is 4.22. The van der Waals surface area contributed by atoms with Crippen LogP contribution in [0.15, 0.2) is 66.1 Å². The van der Waals surface area contributed by atoms with Crippen LogP contribution in [0.2, 0.25) is 0 Å². The van der Waals surface area contributed by atoms with Crippen molar-refractivity contribution in [2.75, 3.05) is 11.1 Å². The summed E-state index contributed by atoms with van der Waals surface area (Å²) in [5.41, 5.74) is 4.74. The minimum atomic E-state index is -0.152. The van der Waals surface area contributed by atoms with Gasteiger partial charge in [0.15, 0.2) is 5.16 Å². The number of nitrogens with zero attached hydrogens (tertiary/aromatic N) is 4. The second kappa shape index (κ2) is 8.32. The number of fused-ring (bicyclic) bond motifs is 2. The van der Waals surface area contributed by atoms with E-state index in [1.807, 2.05) is 59.1 Å². The van der Waals surface area contributed by atoms with Crippen LogP contribution < -0.4 is 5.32 Å². The summed E-state index contributed by atoms with van der Waals surface area (Å²) in [4.78, 5) is 17.3. The molecule has 3 aromatic heterocycles. The molecule has 31 heavy (non-hydrogen) atoms. The van der Waals surface area contributed by atoms with E-state index < -0.39 is 0 Å². The third kappa shape index (κ3) is 3.60.